The lowest BCUT2D eigenvalue weighted by molar-refractivity contribution is 0.140. The van der Waals surface area contributed by atoms with Gasteiger partial charge < -0.3 is 14.6 Å². The lowest BCUT2D eigenvalue weighted by Crippen LogP contribution is -2.26. The van der Waals surface area contributed by atoms with E-state index in [1.807, 2.05) is 30.3 Å². The van der Waals surface area contributed by atoms with Gasteiger partial charge in [0.25, 0.3) is 0 Å². The van der Waals surface area contributed by atoms with Gasteiger partial charge in [-0.15, -0.1) is 0 Å². The van der Waals surface area contributed by atoms with Crippen LogP contribution in [-0.2, 0) is 20.4 Å². The van der Waals surface area contributed by atoms with Crippen molar-refractivity contribution in [1.29, 1.82) is 0 Å². The van der Waals surface area contributed by atoms with Gasteiger partial charge in [-0.1, -0.05) is 30.3 Å². The zero-order chi connectivity index (χ0) is 12.5. The van der Waals surface area contributed by atoms with Crippen LogP contribution in [0.1, 0.15) is 5.56 Å². The third-order valence-electron chi connectivity index (χ3n) is 1.98. The van der Waals surface area contributed by atoms with Crippen molar-refractivity contribution in [3.8, 4) is 0 Å². The van der Waals surface area contributed by atoms with Crippen LogP contribution in [0.2, 0.25) is 0 Å². The number of amides is 1. The number of nitrogens with one attached hydrogen (secondary N) is 1. The number of hydrogen-bond donors (Lipinski definition) is 1. The molecule has 6 heteroatoms. The fourth-order valence-electron chi connectivity index (χ4n) is 1.11. The predicted octanol–water partition coefficient (Wildman–Crippen LogP) is 2.30. The summed E-state index contributed by atoms with van der Waals surface area (Å²) in [5.74, 6) is 0. The average Bonchev–Trinajstić information content (AvgIpc) is 2.37. The highest BCUT2D eigenvalue weighted by molar-refractivity contribution is 7.39. The quantitative estimate of drug-likeness (QED) is 0.793. The Bertz CT molecular complexity index is 369. The molecule has 0 saturated heterocycles. The van der Waals surface area contributed by atoms with E-state index in [1.54, 1.807) is 0 Å². The standard InChI is InChI=1S/C11H15NO4P/c1-15-17(14)8-7-12-11(13)16-9-10-5-3-2-4-6-10/h2-6H,7-9H2,1H3,(H,12,13). The monoisotopic (exact) mass is 256 g/mol. The molecule has 0 bridgehead atoms. The number of carbonyl (C=O) groups is 1. The van der Waals surface area contributed by atoms with Crippen molar-refractivity contribution in [2.24, 2.45) is 0 Å². The second-order valence-electron chi connectivity index (χ2n) is 3.23. The highest BCUT2D eigenvalue weighted by atomic mass is 31.1. The molecule has 0 heterocycles. The van der Waals surface area contributed by atoms with Crippen LogP contribution in [0.25, 0.3) is 0 Å². The number of carbonyl (C=O) groups excluding carboxylic acids is 1. The largest absolute Gasteiger partial charge is 0.445 e. The summed E-state index contributed by atoms with van der Waals surface area (Å²) in [6, 6.07) is 9.38. The van der Waals surface area contributed by atoms with Crippen molar-refractivity contribution >= 4 is 14.1 Å². The van der Waals surface area contributed by atoms with Crippen LogP contribution >= 0.6 is 8.03 Å². The summed E-state index contributed by atoms with van der Waals surface area (Å²) in [5.41, 5.74) is 0.922. The number of alkyl carbamates (subject to hydrolysis) is 1. The van der Waals surface area contributed by atoms with Crippen molar-refractivity contribution in [3.63, 3.8) is 0 Å². The van der Waals surface area contributed by atoms with Gasteiger partial charge in [-0.2, -0.15) is 0 Å². The topological polar surface area (TPSA) is 64.6 Å². The molecule has 0 aliphatic rings. The molecule has 0 fully saturated rings. The van der Waals surface area contributed by atoms with E-state index in [0.29, 0.717) is 0 Å². The Hall–Kier alpha value is -1.45. The third-order valence-corrected chi connectivity index (χ3v) is 2.98. The summed E-state index contributed by atoms with van der Waals surface area (Å²) in [6.07, 6.45) is -0.236. The normalized spacial score (nSPS) is 10.8. The van der Waals surface area contributed by atoms with Crippen LogP contribution in [0.4, 0.5) is 4.79 Å². The first-order valence-electron chi connectivity index (χ1n) is 5.15. The van der Waals surface area contributed by atoms with Crippen molar-refractivity contribution in [2.75, 3.05) is 19.8 Å². The number of ether oxygens (including phenoxy) is 1. The number of hydrogen-bond acceptors (Lipinski definition) is 4. The van der Waals surface area contributed by atoms with E-state index >= 15 is 0 Å². The summed E-state index contributed by atoms with van der Waals surface area (Å²) in [5, 5.41) is 2.49. The fourth-order valence-corrected chi connectivity index (χ4v) is 1.59. The Morgan fingerprint density at radius 3 is 2.71 bits per heavy atom. The number of benzene rings is 1. The molecule has 0 aliphatic carbocycles. The zero-order valence-corrected chi connectivity index (χ0v) is 10.5. The molecule has 1 aromatic rings. The van der Waals surface area contributed by atoms with E-state index in [0.717, 1.165) is 5.56 Å². The van der Waals surface area contributed by atoms with Gasteiger partial charge in [-0.25, -0.2) is 4.79 Å². The average molecular weight is 256 g/mol. The van der Waals surface area contributed by atoms with Gasteiger partial charge >= 0.3 is 6.09 Å². The van der Waals surface area contributed by atoms with Gasteiger partial charge in [0.15, 0.2) is 0 Å². The highest BCUT2D eigenvalue weighted by Gasteiger charge is 2.03. The molecule has 1 radical (unpaired) electrons. The molecule has 0 saturated carbocycles. The first-order valence-corrected chi connectivity index (χ1v) is 6.52. The molecule has 93 valence electrons. The van der Waals surface area contributed by atoms with E-state index in [4.69, 9.17) is 4.74 Å². The van der Waals surface area contributed by atoms with Crippen LogP contribution in [0.15, 0.2) is 30.3 Å². The predicted molar refractivity (Wildman–Crippen MR) is 64.1 cm³/mol. The van der Waals surface area contributed by atoms with Gasteiger partial charge in [0.05, 0.1) is 6.16 Å². The Morgan fingerprint density at radius 1 is 1.35 bits per heavy atom. The summed E-state index contributed by atoms with van der Waals surface area (Å²) in [7, 11) is -0.315. The lowest BCUT2D eigenvalue weighted by atomic mass is 10.2. The molecule has 1 rings (SSSR count). The summed E-state index contributed by atoms with van der Waals surface area (Å²) in [6.45, 7) is 0.500. The molecule has 0 aliphatic heterocycles. The second kappa shape index (κ2) is 7.76. The van der Waals surface area contributed by atoms with Gasteiger partial charge in [0, 0.05) is 13.7 Å². The molecule has 0 aromatic heterocycles. The van der Waals surface area contributed by atoms with Crippen molar-refractivity contribution in [2.45, 2.75) is 6.61 Å². The van der Waals surface area contributed by atoms with Gasteiger partial charge in [0.2, 0.25) is 8.03 Å². The minimum Gasteiger partial charge on any atom is -0.445 e. The first kappa shape index (κ1) is 13.6. The molecule has 1 aromatic carbocycles. The zero-order valence-electron chi connectivity index (χ0n) is 9.59. The third kappa shape index (κ3) is 6.00. The molecular weight excluding hydrogens is 241 g/mol. The van der Waals surface area contributed by atoms with Gasteiger partial charge in [0.1, 0.15) is 6.61 Å². The maximum atomic E-state index is 11.2. The smallest absolute Gasteiger partial charge is 0.407 e. The maximum absolute atomic E-state index is 11.2. The highest BCUT2D eigenvalue weighted by Crippen LogP contribution is 2.17. The minimum absolute atomic E-state index is 0.225. The Labute approximate surface area is 101 Å². The molecule has 1 N–H and O–H groups in total. The van der Waals surface area contributed by atoms with E-state index < -0.39 is 14.1 Å². The number of rotatable bonds is 6. The Morgan fingerprint density at radius 2 is 2.06 bits per heavy atom. The van der Waals surface area contributed by atoms with Crippen molar-refractivity contribution in [1.82, 2.24) is 5.32 Å². The maximum Gasteiger partial charge on any atom is 0.407 e. The molecule has 1 atom stereocenters. The molecule has 17 heavy (non-hydrogen) atoms. The van der Waals surface area contributed by atoms with Crippen LogP contribution in [0.5, 0.6) is 0 Å². The van der Waals surface area contributed by atoms with E-state index in [2.05, 4.69) is 9.84 Å². The summed E-state index contributed by atoms with van der Waals surface area (Å²) in [4.78, 5) is 11.2. The van der Waals surface area contributed by atoms with Gasteiger partial charge in [-0.3, -0.25) is 4.57 Å². The van der Waals surface area contributed by atoms with E-state index in [1.165, 1.54) is 7.11 Å². The second-order valence-corrected chi connectivity index (χ2v) is 4.71. The summed E-state index contributed by atoms with van der Waals surface area (Å²) < 4.78 is 20.4. The van der Waals surface area contributed by atoms with E-state index in [9.17, 15) is 9.36 Å². The van der Waals surface area contributed by atoms with Crippen LogP contribution in [-0.4, -0.2) is 25.9 Å². The fraction of sp³-hybridized carbons (Fsp3) is 0.364. The minimum atomic E-state index is -1.68. The molecule has 0 spiro atoms. The van der Waals surface area contributed by atoms with Crippen LogP contribution in [0.3, 0.4) is 0 Å². The molecule has 5 nitrogen and oxygen atoms in total. The SMILES string of the molecule is CO[P](=O)CCNC(=O)OCc1ccccc1. The molecule has 1 amide bonds. The van der Waals surface area contributed by atoms with Crippen molar-refractivity contribution in [3.05, 3.63) is 35.9 Å². The van der Waals surface area contributed by atoms with Gasteiger partial charge in [-0.05, 0) is 5.56 Å². The van der Waals surface area contributed by atoms with Crippen LogP contribution < -0.4 is 5.32 Å². The van der Waals surface area contributed by atoms with E-state index in [-0.39, 0.29) is 19.3 Å². The Balaban J connectivity index is 2.16. The van der Waals surface area contributed by atoms with Crippen LogP contribution in [0, 0.1) is 0 Å². The Kier molecular flexibility index (Phi) is 6.22. The summed E-state index contributed by atoms with van der Waals surface area (Å²) >= 11 is 0. The lowest BCUT2D eigenvalue weighted by Gasteiger charge is -2.06. The first-order chi connectivity index (χ1) is 8.22. The molecule has 1 unspecified atom stereocenters. The van der Waals surface area contributed by atoms with Crippen molar-refractivity contribution < 1.29 is 18.6 Å². The molecular formula is C11H15NO4P.